The van der Waals surface area contributed by atoms with Crippen molar-refractivity contribution in [2.24, 2.45) is 0 Å². The molecule has 4 aromatic rings. The molecule has 2 saturated carbocycles. The zero-order valence-electron chi connectivity index (χ0n) is 30.2. The molecule has 6 rings (SSSR count). The lowest BCUT2D eigenvalue weighted by Crippen LogP contribution is -2.43. The topological polar surface area (TPSA) is 108 Å². The summed E-state index contributed by atoms with van der Waals surface area (Å²) in [6.45, 7) is 2.72. The first kappa shape index (κ1) is 40.8. The highest BCUT2D eigenvalue weighted by Crippen LogP contribution is 2.46. The number of benzene rings is 3. The Labute approximate surface area is 316 Å². The highest BCUT2D eigenvalue weighted by molar-refractivity contribution is 7.89. The number of nitrogens with zero attached hydrogens (tertiary/aromatic N) is 3. The lowest BCUT2D eigenvalue weighted by Gasteiger charge is -2.30. The van der Waals surface area contributed by atoms with Gasteiger partial charge in [-0.25, -0.2) is 35.2 Å². The lowest BCUT2D eigenvalue weighted by atomic mass is 9.84. The Morgan fingerprint density at radius 3 is 1.98 bits per heavy atom. The van der Waals surface area contributed by atoms with Gasteiger partial charge >= 0.3 is 12.1 Å². The Balaban J connectivity index is 1.52. The van der Waals surface area contributed by atoms with Gasteiger partial charge in [-0.2, -0.15) is 17.5 Å². The summed E-state index contributed by atoms with van der Waals surface area (Å²) in [5.74, 6) is -16.0. The first-order chi connectivity index (χ1) is 26.1. The van der Waals surface area contributed by atoms with E-state index in [9.17, 15) is 49.5 Å². The number of alkyl halides is 3. The molecule has 2 fully saturated rings. The Hall–Kier alpha value is -4.90. The number of carboxylic acid groups (broad SMARTS) is 1. The van der Waals surface area contributed by atoms with Gasteiger partial charge in [0.05, 0.1) is 24.2 Å². The van der Waals surface area contributed by atoms with Crippen LogP contribution in [-0.2, 0) is 39.5 Å². The van der Waals surface area contributed by atoms with E-state index in [0.29, 0.717) is 36.2 Å². The fourth-order valence-electron chi connectivity index (χ4n) is 6.46. The number of hydrogen-bond acceptors (Lipinski definition) is 5. The van der Waals surface area contributed by atoms with Crippen LogP contribution in [0, 0.1) is 29.1 Å². The number of sulfonamides is 1. The number of carboxylic acids is 1. The average Bonchev–Trinajstić information content (AvgIpc) is 4.05. The Morgan fingerprint density at radius 1 is 0.821 bits per heavy atom. The second-order valence-corrected chi connectivity index (χ2v) is 16.9. The normalized spacial score (nSPS) is 15.0. The van der Waals surface area contributed by atoms with Crippen LogP contribution in [0.25, 0.3) is 0 Å². The van der Waals surface area contributed by atoms with E-state index in [0.717, 1.165) is 35.1 Å². The SMILES string of the molecule is CC(C)(C)c1cc(CN(C(=O)CN(Cc2cnccc2C(F)(F)F)S(=O)(=O)c2c(F)c(F)c(F)c(F)c2F)c2ccc(C(=O)O)cc2C2CC2)cc(C2CC2)c1. The molecule has 3 aromatic carbocycles. The molecule has 0 unspecified atom stereocenters. The number of halogens is 8. The maximum absolute atomic E-state index is 15.1. The van der Waals surface area contributed by atoms with Crippen LogP contribution in [0.5, 0.6) is 0 Å². The number of aromatic nitrogens is 1. The summed E-state index contributed by atoms with van der Waals surface area (Å²) in [4.78, 5) is 28.9. The predicted molar refractivity (Wildman–Crippen MR) is 187 cm³/mol. The van der Waals surface area contributed by atoms with Gasteiger partial charge in [-0.1, -0.05) is 39.0 Å². The third-order valence-corrected chi connectivity index (χ3v) is 11.6. The number of carbonyl (C=O) groups is 2. The van der Waals surface area contributed by atoms with Crippen molar-refractivity contribution in [2.75, 3.05) is 11.4 Å². The number of carbonyl (C=O) groups excluding carboxylic acids is 1. The number of anilines is 1. The van der Waals surface area contributed by atoms with Crippen molar-refractivity contribution >= 4 is 27.6 Å². The predicted octanol–water partition coefficient (Wildman–Crippen LogP) is 8.97. The number of amides is 1. The number of pyridine rings is 1. The van der Waals surface area contributed by atoms with Crippen LogP contribution in [0.2, 0.25) is 0 Å². The number of aromatic carboxylic acids is 1. The second kappa shape index (κ2) is 14.9. The zero-order valence-corrected chi connectivity index (χ0v) is 31.0. The molecule has 0 radical (unpaired) electrons. The molecule has 298 valence electrons. The average molecular weight is 810 g/mol. The third kappa shape index (κ3) is 8.28. The van der Waals surface area contributed by atoms with Crippen LogP contribution in [0.4, 0.5) is 40.8 Å². The minimum atomic E-state index is -6.02. The first-order valence-corrected chi connectivity index (χ1v) is 18.9. The van der Waals surface area contributed by atoms with Crippen molar-refractivity contribution in [2.45, 2.75) is 87.9 Å². The molecule has 0 spiro atoms. The molecule has 2 aliphatic rings. The van der Waals surface area contributed by atoms with E-state index in [1.807, 2.05) is 39.0 Å². The smallest absolute Gasteiger partial charge is 0.416 e. The van der Waals surface area contributed by atoms with E-state index in [-0.39, 0.29) is 39.4 Å². The van der Waals surface area contributed by atoms with Crippen LogP contribution in [0.15, 0.2) is 59.8 Å². The maximum atomic E-state index is 15.1. The van der Waals surface area contributed by atoms with Gasteiger partial charge in [-0.3, -0.25) is 9.78 Å². The second-order valence-electron chi connectivity index (χ2n) is 15.0. The van der Waals surface area contributed by atoms with Crippen molar-refractivity contribution in [3.8, 4) is 0 Å². The van der Waals surface area contributed by atoms with Gasteiger partial charge in [0, 0.05) is 24.6 Å². The molecule has 1 aromatic heterocycles. The molecule has 0 saturated heterocycles. The molecular formula is C39H35F8N3O5S. The monoisotopic (exact) mass is 809 g/mol. The van der Waals surface area contributed by atoms with E-state index in [2.05, 4.69) is 4.98 Å². The fraction of sp³-hybridized carbons (Fsp3) is 0.359. The first-order valence-electron chi connectivity index (χ1n) is 17.4. The Morgan fingerprint density at radius 2 is 1.43 bits per heavy atom. The molecule has 1 amide bonds. The van der Waals surface area contributed by atoms with Gasteiger partial charge in [0.1, 0.15) is 0 Å². The van der Waals surface area contributed by atoms with Crippen molar-refractivity contribution in [3.05, 3.63) is 123 Å². The van der Waals surface area contributed by atoms with E-state index in [4.69, 9.17) is 0 Å². The quantitative estimate of drug-likeness (QED) is 0.0870. The summed E-state index contributed by atoms with van der Waals surface area (Å²) < 4.78 is 143. The van der Waals surface area contributed by atoms with E-state index < -0.39 is 86.3 Å². The van der Waals surface area contributed by atoms with Crippen molar-refractivity contribution in [3.63, 3.8) is 0 Å². The summed E-state index contributed by atoms with van der Waals surface area (Å²) in [5.41, 5.74) is 0.0868. The summed E-state index contributed by atoms with van der Waals surface area (Å²) >= 11 is 0. The molecule has 56 heavy (non-hydrogen) atoms. The zero-order chi connectivity index (χ0) is 41.1. The van der Waals surface area contributed by atoms with Gasteiger partial charge in [0.2, 0.25) is 21.7 Å². The summed E-state index contributed by atoms with van der Waals surface area (Å²) in [5, 5.41) is 9.74. The standard InChI is InChI=1S/C39H35F8N3O5S/c1-38(2,3)26-13-20(12-24(14-26)21-4-5-21)17-50(29-9-8-23(37(52)53)15-27(29)22-6-7-22)30(51)19-49(18-25-16-48-11-10-28(25)39(45,46)47)56(54,55)36-34(43)32(41)31(40)33(42)35(36)44/h8-16,21-22H,4-7,17-19H2,1-3H3,(H,52,53). The minimum Gasteiger partial charge on any atom is -0.478 e. The van der Waals surface area contributed by atoms with E-state index in [1.54, 1.807) is 0 Å². The van der Waals surface area contributed by atoms with Crippen LogP contribution in [0.1, 0.15) is 102 Å². The molecule has 0 atom stereocenters. The van der Waals surface area contributed by atoms with Crippen molar-refractivity contribution in [1.82, 2.24) is 9.29 Å². The molecule has 17 heteroatoms. The van der Waals surface area contributed by atoms with Crippen LogP contribution in [0.3, 0.4) is 0 Å². The molecule has 1 heterocycles. The van der Waals surface area contributed by atoms with Crippen LogP contribution in [-0.4, -0.2) is 41.2 Å². The van der Waals surface area contributed by atoms with E-state index in [1.165, 1.54) is 18.2 Å². The minimum absolute atomic E-state index is 0.101. The third-order valence-electron chi connectivity index (χ3n) is 9.79. The molecule has 1 N–H and O–H groups in total. The van der Waals surface area contributed by atoms with Crippen molar-refractivity contribution in [1.29, 1.82) is 0 Å². The van der Waals surface area contributed by atoms with Crippen molar-refractivity contribution < 1.29 is 58.2 Å². The van der Waals surface area contributed by atoms with Gasteiger partial charge in [-0.15, -0.1) is 0 Å². The van der Waals surface area contributed by atoms with Gasteiger partial charge in [-0.05, 0) is 95.0 Å². The Bertz CT molecular complexity index is 2310. The summed E-state index contributed by atoms with van der Waals surface area (Å²) in [6, 6.07) is 10.1. The Kier molecular flexibility index (Phi) is 10.8. The number of hydrogen-bond donors (Lipinski definition) is 1. The van der Waals surface area contributed by atoms with Gasteiger partial charge in [0.15, 0.2) is 28.2 Å². The summed E-state index contributed by atoms with van der Waals surface area (Å²) in [6.07, 6.45) is -0.759. The molecule has 8 nitrogen and oxygen atoms in total. The van der Waals surface area contributed by atoms with Gasteiger partial charge < -0.3 is 10.0 Å². The highest BCUT2D eigenvalue weighted by Gasteiger charge is 2.41. The van der Waals surface area contributed by atoms with Crippen LogP contribution >= 0.6 is 0 Å². The largest absolute Gasteiger partial charge is 0.478 e. The molecule has 0 aliphatic heterocycles. The van der Waals surface area contributed by atoms with Gasteiger partial charge in [0.25, 0.3) is 0 Å². The maximum Gasteiger partial charge on any atom is 0.416 e. The fourth-order valence-corrected chi connectivity index (χ4v) is 7.94. The van der Waals surface area contributed by atoms with E-state index >= 15 is 8.78 Å². The molecule has 2 aliphatic carbocycles. The number of rotatable bonds is 12. The molecule has 0 bridgehead atoms. The lowest BCUT2D eigenvalue weighted by molar-refractivity contribution is -0.138. The molecular weight excluding hydrogens is 774 g/mol. The highest BCUT2D eigenvalue weighted by atomic mass is 32.2. The summed E-state index contributed by atoms with van der Waals surface area (Å²) in [7, 11) is -6.02. The van der Waals surface area contributed by atoms with Crippen LogP contribution < -0.4 is 4.90 Å².